The van der Waals surface area contributed by atoms with Crippen LogP contribution < -0.4 is 15.6 Å². The van der Waals surface area contributed by atoms with Gasteiger partial charge in [-0.15, -0.1) is 0 Å². The lowest BCUT2D eigenvalue weighted by molar-refractivity contribution is -0.129. The number of carbonyl (C=O) groups is 2. The predicted octanol–water partition coefficient (Wildman–Crippen LogP) is 4.66. The highest BCUT2D eigenvalue weighted by Crippen LogP contribution is 2.30. The van der Waals surface area contributed by atoms with Gasteiger partial charge in [0.05, 0.1) is 17.7 Å². The zero-order valence-electron chi connectivity index (χ0n) is 15.6. The summed E-state index contributed by atoms with van der Waals surface area (Å²) in [6.07, 6.45) is 1.61. The molecule has 2 amide bonds. The summed E-state index contributed by atoms with van der Waals surface area (Å²) in [5.74, 6) is -0.598. The van der Waals surface area contributed by atoms with E-state index in [2.05, 4.69) is 10.9 Å². The highest BCUT2D eigenvalue weighted by atomic mass is 35.5. The van der Waals surface area contributed by atoms with Gasteiger partial charge in [0, 0.05) is 16.0 Å². The minimum atomic E-state index is -0.531. The first-order chi connectivity index (χ1) is 14.5. The Morgan fingerprint density at radius 1 is 0.967 bits per heavy atom. The predicted molar refractivity (Wildman–Crippen MR) is 116 cm³/mol. The molecule has 0 saturated heterocycles. The van der Waals surface area contributed by atoms with Gasteiger partial charge >= 0.3 is 0 Å². The van der Waals surface area contributed by atoms with Crippen molar-refractivity contribution in [1.82, 2.24) is 10.9 Å². The average Bonchev–Trinajstić information content (AvgIpc) is 3.15. The molecule has 0 aliphatic rings. The molecule has 3 aromatic carbocycles. The van der Waals surface area contributed by atoms with Crippen LogP contribution in [0.15, 0.2) is 65.3 Å². The van der Waals surface area contributed by atoms with Gasteiger partial charge < -0.3 is 9.15 Å². The molecule has 8 heteroatoms. The number of hydrogen-bond acceptors (Lipinski definition) is 4. The number of benzene rings is 3. The molecule has 2 N–H and O–H groups in total. The summed E-state index contributed by atoms with van der Waals surface area (Å²) in [5.41, 5.74) is 6.13. The van der Waals surface area contributed by atoms with E-state index in [1.54, 1.807) is 18.4 Å². The van der Waals surface area contributed by atoms with Crippen LogP contribution in [0.5, 0.6) is 5.75 Å². The van der Waals surface area contributed by atoms with E-state index in [4.69, 9.17) is 32.4 Å². The standard InChI is InChI=1S/C22H16Cl2N2O4/c23-15-6-8-18(17(24)10-15)30-12-21(28)26-25-20(27)9-14-11-29-19-7-5-13-3-1-2-4-16(13)22(14)19/h1-8,10-11H,9,12H2,(H,25,27)(H,26,28). The fourth-order valence-electron chi connectivity index (χ4n) is 3.13. The Balaban J connectivity index is 1.36. The van der Waals surface area contributed by atoms with Crippen LogP contribution in [0.25, 0.3) is 21.7 Å². The first-order valence-electron chi connectivity index (χ1n) is 9.04. The highest BCUT2D eigenvalue weighted by Gasteiger charge is 2.14. The lowest BCUT2D eigenvalue weighted by atomic mass is 10.0. The number of amides is 2. The van der Waals surface area contributed by atoms with Gasteiger partial charge in [0.2, 0.25) is 5.91 Å². The monoisotopic (exact) mass is 442 g/mol. The minimum Gasteiger partial charge on any atom is -0.482 e. The van der Waals surface area contributed by atoms with Gasteiger partial charge in [0.1, 0.15) is 11.3 Å². The quantitative estimate of drug-likeness (QED) is 0.440. The van der Waals surface area contributed by atoms with E-state index in [0.717, 1.165) is 21.7 Å². The number of fused-ring (bicyclic) bond motifs is 3. The third kappa shape index (κ3) is 4.35. The van der Waals surface area contributed by atoms with E-state index in [1.807, 2.05) is 36.4 Å². The Morgan fingerprint density at radius 2 is 1.77 bits per heavy atom. The van der Waals surface area contributed by atoms with E-state index in [0.29, 0.717) is 21.4 Å². The van der Waals surface area contributed by atoms with E-state index in [-0.39, 0.29) is 18.9 Å². The number of hydrazine groups is 1. The topological polar surface area (TPSA) is 80.6 Å². The SMILES string of the molecule is O=C(COc1ccc(Cl)cc1Cl)NNC(=O)Cc1coc2ccc3ccccc3c12. The molecule has 0 atom stereocenters. The molecule has 30 heavy (non-hydrogen) atoms. The zero-order valence-corrected chi connectivity index (χ0v) is 17.1. The Bertz CT molecular complexity index is 1250. The van der Waals surface area contributed by atoms with E-state index in [9.17, 15) is 9.59 Å². The maximum atomic E-state index is 12.3. The van der Waals surface area contributed by atoms with Crippen molar-refractivity contribution in [2.75, 3.05) is 6.61 Å². The fourth-order valence-corrected chi connectivity index (χ4v) is 3.60. The van der Waals surface area contributed by atoms with E-state index >= 15 is 0 Å². The van der Waals surface area contributed by atoms with Crippen LogP contribution in [0.3, 0.4) is 0 Å². The smallest absolute Gasteiger partial charge is 0.276 e. The van der Waals surface area contributed by atoms with Gasteiger partial charge in [0.15, 0.2) is 6.61 Å². The molecule has 0 spiro atoms. The third-order valence-corrected chi connectivity index (χ3v) is 5.02. The van der Waals surface area contributed by atoms with Crippen molar-refractivity contribution in [3.63, 3.8) is 0 Å². The summed E-state index contributed by atoms with van der Waals surface area (Å²) in [7, 11) is 0. The zero-order chi connectivity index (χ0) is 21.1. The van der Waals surface area contributed by atoms with Crippen LogP contribution in [0.1, 0.15) is 5.56 Å². The van der Waals surface area contributed by atoms with Gasteiger partial charge in [-0.2, -0.15) is 0 Å². The van der Waals surface area contributed by atoms with Gasteiger partial charge in [0.25, 0.3) is 5.91 Å². The number of nitrogens with one attached hydrogen (secondary N) is 2. The minimum absolute atomic E-state index is 0.0468. The molecule has 0 unspecified atom stereocenters. The van der Waals surface area contributed by atoms with Crippen molar-refractivity contribution in [3.8, 4) is 5.75 Å². The average molecular weight is 443 g/mol. The molecule has 4 aromatic rings. The second-order valence-corrected chi connectivity index (χ2v) is 7.40. The maximum absolute atomic E-state index is 12.3. The number of hydrogen-bond donors (Lipinski definition) is 2. The van der Waals surface area contributed by atoms with Gasteiger partial charge in [-0.1, -0.05) is 53.5 Å². The van der Waals surface area contributed by atoms with Gasteiger partial charge in [-0.25, -0.2) is 0 Å². The Labute approximate surface area is 181 Å². The first kappa shape index (κ1) is 20.1. The molecule has 0 radical (unpaired) electrons. The lowest BCUT2D eigenvalue weighted by Gasteiger charge is -2.10. The van der Waals surface area contributed by atoms with Crippen molar-refractivity contribution < 1.29 is 18.7 Å². The molecule has 152 valence electrons. The molecule has 6 nitrogen and oxygen atoms in total. The van der Waals surface area contributed by atoms with Crippen molar-refractivity contribution in [1.29, 1.82) is 0 Å². The molecule has 1 heterocycles. The molecular formula is C22H16Cl2N2O4. The van der Waals surface area contributed by atoms with Crippen molar-refractivity contribution in [2.24, 2.45) is 0 Å². The van der Waals surface area contributed by atoms with E-state index in [1.165, 1.54) is 6.07 Å². The van der Waals surface area contributed by atoms with Crippen LogP contribution in [0.4, 0.5) is 0 Å². The first-order valence-corrected chi connectivity index (χ1v) is 9.80. The summed E-state index contributed by atoms with van der Waals surface area (Å²) < 4.78 is 10.9. The Morgan fingerprint density at radius 3 is 2.60 bits per heavy atom. The number of ether oxygens (including phenoxy) is 1. The van der Waals surface area contributed by atoms with Crippen LogP contribution in [0.2, 0.25) is 10.0 Å². The van der Waals surface area contributed by atoms with Crippen LogP contribution in [-0.4, -0.2) is 18.4 Å². The summed E-state index contributed by atoms with van der Waals surface area (Å²) >= 11 is 11.8. The lowest BCUT2D eigenvalue weighted by Crippen LogP contribution is -2.44. The summed E-state index contributed by atoms with van der Waals surface area (Å²) in [6, 6.07) is 16.4. The molecule has 0 saturated carbocycles. The van der Waals surface area contributed by atoms with Gasteiger partial charge in [-0.05, 0) is 35.0 Å². The summed E-state index contributed by atoms with van der Waals surface area (Å²) in [4.78, 5) is 24.3. The molecule has 1 aromatic heterocycles. The molecule has 0 fully saturated rings. The van der Waals surface area contributed by atoms with Crippen molar-refractivity contribution in [3.05, 3.63) is 76.5 Å². The van der Waals surface area contributed by atoms with Crippen LogP contribution in [0, 0.1) is 0 Å². The third-order valence-electron chi connectivity index (χ3n) is 4.49. The number of furan rings is 1. The Kier molecular flexibility index (Phi) is 5.79. The molecule has 0 bridgehead atoms. The summed E-state index contributed by atoms with van der Waals surface area (Å²) in [6.45, 7) is -0.319. The second-order valence-electron chi connectivity index (χ2n) is 6.56. The number of carbonyl (C=O) groups excluding carboxylic acids is 2. The second kappa shape index (κ2) is 8.65. The fraction of sp³-hybridized carbons (Fsp3) is 0.0909. The van der Waals surface area contributed by atoms with Crippen LogP contribution in [-0.2, 0) is 16.0 Å². The Hall–Kier alpha value is -3.22. The summed E-state index contributed by atoms with van der Waals surface area (Å²) in [5, 5.41) is 3.69. The number of halogens is 2. The van der Waals surface area contributed by atoms with Crippen LogP contribution >= 0.6 is 23.2 Å². The van der Waals surface area contributed by atoms with Crippen molar-refractivity contribution in [2.45, 2.75) is 6.42 Å². The van der Waals surface area contributed by atoms with Gasteiger partial charge in [-0.3, -0.25) is 20.4 Å². The molecule has 4 rings (SSSR count). The molecule has 0 aliphatic heterocycles. The maximum Gasteiger partial charge on any atom is 0.276 e. The highest BCUT2D eigenvalue weighted by molar-refractivity contribution is 6.35. The number of rotatable bonds is 5. The molecular weight excluding hydrogens is 427 g/mol. The van der Waals surface area contributed by atoms with Crippen molar-refractivity contribution >= 4 is 56.8 Å². The molecule has 0 aliphatic carbocycles. The largest absolute Gasteiger partial charge is 0.482 e. The van der Waals surface area contributed by atoms with E-state index < -0.39 is 5.91 Å². The normalized spacial score (nSPS) is 10.9.